The molecule has 0 aromatic carbocycles. The van der Waals surface area contributed by atoms with Gasteiger partial charge < -0.3 is 14.4 Å². The van der Waals surface area contributed by atoms with Crippen molar-refractivity contribution in [3.8, 4) is 0 Å². The Hall–Kier alpha value is -2.18. The first-order valence-corrected chi connectivity index (χ1v) is 7.23. The van der Waals surface area contributed by atoms with Gasteiger partial charge in [0.05, 0.1) is 12.2 Å². The lowest BCUT2D eigenvalue weighted by molar-refractivity contribution is 0.0946. The van der Waals surface area contributed by atoms with Crippen LogP contribution in [0.25, 0.3) is 0 Å². The van der Waals surface area contributed by atoms with E-state index in [2.05, 4.69) is 25.2 Å². The van der Waals surface area contributed by atoms with Crippen molar-refractivity contribution >= 4 is 5.91 Å². The van der Waals surface area contributed by atoms with Crippen molar-refractivity contribution in [2.45, 2.75) is 52.6 Å². The van der Waals surface area contributed by atoms with Crippen molar-refractivity contribution in [1.29, 1.82) is 0 Å². The van der Waals surface area contributed by atoms with E-state index in [0.717, 1.165) is 31.0 Å². The number of carbonyl (C=O) groups is 1. The number of aromatic nitrogens is 4. The highest BCUT2D eigenvalue weighted by atomic mass is 16.5. The van der Waals surface area contributed by atoms with Crippen LogP contribution in [0.4, 0.5) is 0 Å². The summed E-state index contributed by atoms with van der Waals surface area (Å²) in [6, 6.07) is 0. The number of hydrogen-bond acceptors (Lipinski definition) is 5. The van der Waals surface area contributed by atoms with Gasteiger partial charge >= 0.3 is 0 Å². The van der Waals surface area contributed by atoms with E-state index in [1.807, 2.05) is 13.8 Å². The Bertz CT molecular complexity index is 671. The molecule has 0 aliphatic carbocycles. The van der Waals surface area contributed by atoms with Gasteiger partial charge in [-0.05, 0) is 13.3 Å². The normalized spacial score (nSPS) is 13.7. The third kappa shape index (κ3) is 2.43. The second-order valence-electron chi connectivity index (χ2n) is 5.63. The molecule has 2 aromatic heterocycles. The topological polar surface area (TPSA) is 85.8 Å². The highest BCUT2D eigenvalue weighted by Crippen LogP contribution is 2.22. The predicted molar refractivity (Wildman–Crippen MR) is 74.8 cm³/mol. The molecule has 7 nitrogen and oxygen atoms in total. The Morgan fingerprint density at radius 2 is 2.24 bits per heavy atom. The molecule has 3 heterocycles. The number of hydrogen-bond donors (Lipinski definition) is 1. The smallest absolute Gasteiger partial charge is 0.257 e. The van der Waals surface area contributed by atoms with E-state index < -0.39 is 0 Å². The summed E-state index contributed by atoms with van der Waals surface area (Å²) < 4.78 is 7.32. The number of rotatable bonds is 4. The summed E-state index contributed by atoms with van der Waals surface area (Å²) in [4.78, 5) is 12.4. The molecule has 0 radical (unpaired) electrons. The molecule has 1 N–H and O–H groups in total. The molecule has 0 atom stereocenters. The fourth-order valence-electron chi connectivity index (χ4n) is 2.65. The van der Waals surface area contributed by atoms with Crippen LogP contribution < -0.4 is 5.32 Å². The molecule has 0 spiro atoms. The minimum atomic E-state index is -0.173. The predicted octanol–water partition coefficient (Wildman–Crippen LogP) is 1.57. The Labute approximate surface area is 122 Å². The number of aryl methyl sites for hydroxylation is 2. The van der Waals surface area contributed by atoms with E-state index >= 15 is 0 Å². The number of nitrogens with one attached hydrogen (secondary N) is 1. The SMILES string of the molecule is Cc1noc(C(C)C)c1C(=O)NCc1nnc2n1CCC2. The van der Waals surface area contributed by atoms with Gasteiger partial charge in [0.25, 0.3) is 5.91 Å². The van der Waals surface area contributed by atoms with Crippen molar-refractivity contribution in [2.24, 2.45) is 0 Å². The summed E-state index contributed by atoms with van der Waals surface area (Å²) in [5.41, 5.74) is 1.15. The third-order valence-corrected chi connectivity index (χ3v) is 3.73. The van der Waals surface area contributed by atoms with Crippen LogP contribution in [-0.2, 0) is 19.5 Å². The zero-order chi connectivity index (χ0) is 15.0. The standard InChI is InChI=1S/C14H19N5O2/c1-8(2)13-12(9(3)18-21-13)14(20)15-7-11-17-16-10-5-4-6-19(10)11/h8H,4-7H2,1-3H3,(H,15,20). The van der Waals surface area contributed by atoms with Crippen LogP contribution in [0.3, 0.4) is 0 Å². The molecule has 0 bridgehead atoms. The molecule has 2 aromatic rings. The molecular weight excluding hydrogens is 270 g/mol. The molecule has 0 saturated heterocycles. The molecule has 1 amide bonds. The fourth-order valence-corrected chi connectivity index (χ4v) is 2.65. The molecule has 0 saturated carbocycles. The highest BCUT2D eigenvalue weighted by molar-refractivity contribution is 5.96. The van der Waals surface area contributed by atoms with Gasteiger partial charge in [-0.2, -0.15) is 0 Å². The average Bonchev–Trinajstić information content (AvgIpc) is 3.10. The van der Waals surface area contributed by atoms with Gasteiger partial charge in [-0.3, -0.25) is 4.79 Å². The van der Waals surface area contributed by atoms with Crippen LogP contribution in [0.15, 0.2) is 4.52 Å². The average molecular weight is 289 g/mol. The van der Waals surface area contributed by atoms with E-state index in [9.17, 15) is 4.79 Å². The van der Waals surface area contributed by atoms with Crippen LogP contribution in [-0.4, -0.2) is 25.8 Å². The molecule has 0 fully saturated rings. The van der Waals surface area contributed by atoms with Gasteiger partial charge in [0.1, 0.15) is 11.4 Å². The second kappa shape index (κ2) is 5.31. The molecule has 3 rings (SSSR count). The first-order chi connectivity index (χ1) is 10.1. The lowest BCUT2D eigenvalue weighted by Gasteiger charge is -2.07. The summed E-state index contributed by atoms with van der Waals surface area (Å²) in [6.45, 7) is 7.02. The van der Waals surface area contributed by atoms with Crippen LogP contribution in [0.5, 0.6) is 0 Å². The van der Waals surface area contributed by atoms with Crippen molar-refractivity contribution < 1.29 is 9.32 Å². The quantitative estimate of drug-likeness (QED) is 0.923. The lowest BCUT2D eigenvalue weighted by atomic mass is 10.0. The van der Waals surface area contributed by atoms with Gasteiger partial charge in [0.15, 0.2) is 11.6 Å². The number of nitrogens with zero attached hydrogens (tertiary/aromatic N) is 4. The van der Waals surface area contributed by atoms with Gasteiger partial charge in [0.2, 0.25) is 0 Å². The second-order valence-corrected chi connectivity index (χ2v) is 5.63. The zero-order valence-electron chi connectivity index (χ0n) is 12.5. The zero-order valence-corrected chi connectivity index (χ0v) is 12.5. The summed E-state index contributed by atoms with van der Waals surface area (Å²) in [7, 11) is 0. The van der Waals surface area contributed by atoms with Crippen LogP contribution in [0, 0.1) is 6.92 Å². The van der Waals surface area contributed by atoms with E-state index in [1.165, 1.54) is 0 Å². The summed E-state index contributed by atoms with van der Waals surface area (Å²) >= 11 is 0. The Morgan fingerprint density at radius 3 is 3.00 bits per heavy atom. The number of amides is 1. The first-order valence-electron chi connectivity index (χ1n) is 7.23. The monoisotopic (exact) mass is 289 g/mol. The Kier molecular flexibility index (Phi) is 3.48. The van der Waals surface area contributed by atoms with Crippen LogP contribution in [0.2, 0.25) is 0 Å². The summed E-state index contributed by atoms with van der Waals surface area (Å²) in [5, 5.41) is 15.0. The largest absolute Gasteiger partial charge is 0.360 e. The Morgan fingerprint density at radius 1 is 1.43 bits per heavy atom. The minimum absolute atomic E-state index is 0.115. The third-order valence-electron chi connectivity index (χ3n) is 3.73. The molecule has 0 unspecified atom stereocenters. The molecule has 7 heteroatoms. The molecule has 21 heavy (non-hydrogen) atoms. The van der Waals surface area contributed by atoms with Crippen molar-refractivity contribution in [1.82, 2.24) is 25.2 Å². The van der Waals surface area contributed by atoms with Crippen molar-refractivity contribution in [3.05, 3.63) is 28.7 Å². The van der Waals surface area contributed by atoms with Crippen LogP contribution in [0.1, 0.15) is 59.6 Å². The fraction of sp³-hybridized carbons (Fsp3) is 0.571. The number of fused-ring (bicyclic) bond motifs is 1. The van der Waals surface area contributed by atoms with Gasteiger partial charge in [-0.15, -0.1) is 10.2 Å². The highest BCUT2D eigenvalue weighted by Gasteiger charge is 2.23. The maximum atomic E-state index is 12.4. The van der Waals surface area contributed by atoms with E-state index in [-0.39, 0.29) is 11.8 Å². The summed E-state index contributed by atoms with van der Waals surface area (Å²) in [6.07, 6.45) is 2.05. The first kappa shape index (κ1) is 13.8. The summed E-state index contributed by atoms with van der Waals surface area (Å²) in [5.74, 6) is 2.37. The van der Waals surface area contributed by atoms with E-state index in [1.54, 1.807) is 6.92 Å². The van der Waals surface area contributed by atoms with Gasteiger partial charge in [0, 0.05) is 18.9 Å². The molecular formula is C14H19N5O2. The molecule has 1 aliphatic heterocycles. The van der Waals surface area contributed by atoms with Crippen LogP contribution >= 0.6 is 0 Å². The van der Waals surface area contributed by atoms with E-state index in [0.29, 0.717) is 23.6 Å². The molecule has 1 aliphatic rings. The van der Waals surface area contributed by atoms with Gasteiger partial charge in [-0.25, -0.2) is 0 Å². The Balaban J connectivity index is 1.74. The van der Waals surface area contributed by atoms with Crippen molar-refractivity contribution in [2.75, 3.05) is 0 Å². The number of carbonyl (C=O) groups excluding carboxylic acids is 1. The maximum absolute atomic E-state index is 12.4. The minimum Gasteiger partial charge on any atom is -0.360 e. The lowest BCUT2D eigenvalue weighted by Crippen LogP contribution is -2.26. The maximum Gasteiger partial charge on any atom is 0.257 e. The van der Waals surface area contributed by atoms with E-state index in [4.69, 9.17) is 4.52 Å². The van der Waals surface area contributed by atoms with Crippen molar-refractivity contribution in [3.63, 3.8) is 0 Å². The molecule has 112 valence electrons. The van der Waals surface area contributed by atoms with Gasteiger partial charge in [-0.1, -0.05) is 19.0 Å².